The van der Waals surface area contributed by atoms with Crippen LogP contribution in [-0.4, -0.2) is 73.9 Å². The Labute approximate surface area is 197 Å². The van der Waals surface area contributed by atoms with E-state index in [1.165, 1.54) is 22.8 Å². The molecule has 3 aromatic rings. The largest absolute Gasteiger partial charge is 0.480 e. The van der Waals surface area contributed by atoms with Crippen molar-refractivity contribution >= 4 is 37.5 Å². The van der Waals surface area contributed by atoms with Gasteiger partial charge in [0, 0.05) is 33.3 Å². The van der Waals surface area contributed by atoms with Gasteiger partial charge in [-0.15, -0.1) is 11.3 Å². The zero-order valence-corrected chi connectivity index (χ0v) is 20.6. The Kier molecular flexibility index (Phi) is 6.66. The van der Waals surface area contributed by atoms with Crippen LogP contribution >= 0.6 is 11.3 Å². The van der Waals surface area contributed by atoms with Crippen LogP contribution in [0.15, 0.2) is 29.2 Å². The van der Waals surface area contributed by atoms with Gasteiger partial charge in [-0.3, -0.25) is 4.79 Å². The monoisotopic (exact) mass is 490 g/mol. The first-order valence-corrected chi connectivity index (χ1v) is 12.7. The molecule has 0 spiro atoms. The molecular formula is C22H26N4O5S2. The zero-order chi connectivity index (χ0) is 23.8. The minimum Gasteiger partial charge on any atom is -0.480 e. The third kappa shape index (κ3) is 4.45. The van der Waals surface area contributed by atoms with Crippen molar-refractivity contribution in [3.8, 4) is 5.88 Å². The van der Waals surface area contributed by atoms with Crippen molar-refractivity contribution in [1.82, 2.24) is 19.2 Å². The molecular weight excluding hydrogens is 464 g/mol. The smallest absolute Gasteiger partial charge is 0.264 e. The highest BCUT2D eigenvalue weighted by Crippen LogP contribution is 2.36. The number of methoxy groups -OCH3 is 2. The molecule has 3 heterocycles. The summed E-state index contributed by atoms with van der Waals surface area (Å²) in [7, 11) is -0.494. The van der Waals surface area contributed by atoms with E-state index in [1.54, 1.807) is 36.3 Å². The number of nitrogens with zero attached hydrogens (tertiary/aromatic N) is 4. The SMILES string of the molecule is COCc1nc(OC)c2c(C)c(C(=O)N3CCN(S(=O)(=O)c4ccc(C)cc4)CC3)sc2n1. The predicted octanol–water partition coefficient (Wildman–Crippen LogP) is 2.61. The molecule has 0 aliphatic carbocycles. The quantitative estimate of drug-likeness (QED) is 0.523. The standard InChI is InChI=1S/C22H26N4O5S2/c1-14-5-7-16(8-6-14)33(28,29)26-11-9-25(10-12-26)22(27)19-15(2)18-20(31-4)23-17(13-30-3)24-21(18)32-19/h5-8H,9-13H2,1-4H3. The van der Waals surface area contributed by atoms with Crippen LogP contribution < -0.4 is 4.74 Å². The Morgan fingerprint density at radius 2 is 1.73 bits per heavy atom. The van der Waals surface area contributed by atoms with Gasteiger partial charge in [-0.1, -0.05) is 17.7 Å². The van der Waals surface area contributed by atoms with E-state index in [9.17, 15) is 13.2 Å². The summed E-state index contributed by atoms with van der Waals surface area (Å²) in [6.45, 7) is 5.12. The minimum absolute atomic E-state index is 0.141. The molecule has 2 aromatic heterocycles. The maximum atomic E-state index is 13.3. The zero-order valence-electron chi connectivity index (χ0n) is 19.0. The number of aryl methyl sites for hydroxylation is 2. The molecule has 1 amide bonds. The van der Waals surface area contributed by atoms with Crippen molar-refractivity contribution in [2.24, 2.45) is 0 Å². The van der Waals surface area contributed by atoms with Crippen LogP contribution in [0, 0.1) is 13.8 Å². The first kappa shape index (κ1) is 23.6. The maximum absolute atomic E-state index is 13.3. The summed E-state index contributed by atoms with van der Waals surface area (Å²) in [5.41, 5.74) is 1.76. The fourth-order valence-corrected chi connectivity index (χ4v) is 6.40. The molecule has 176 valence electrons. The molecule has 4 rings (SSSR count). The van der Waals surface area contributed by atoms with E-state index in [0.29, 0.717) is 39.9 Å². The lowest BCUT2D eigenvalue weighted by Gasteiger charge is -2.34. The van der Waals surface area contributed by atoms with Crippen LogP contribution in [-0.2, 0) is 21.4 Å². The van der Waals surface area contributed by atoms with Crippen molar-refractivity contribution in [2.45, 2.75) is 25.3 Å². The molecule has 11 heteroatoms. The summed E-state index contributed by atoms with van der Waals surface area (Å²) in [6.07, 6.45) is 0. The average Bonchev–Trinajstić information content (AvgIpc) is 3.15. The number of fused-ring (bicyclic) bond motifs is 1. The summed E-state index contributed by atoms with van der Waals surface area (Å²) in [6, 6.07) is 6.81. The summed E-state index contributed by atoms with van der Waals surface area (Å²) in [5.74, 6) is 0.754. The van der Waals surface area contributed by atoms with Crippen LogP contribution in [0.5, 0.6) is 5.88 Å². The van der Waals surface area contributed by atoms with Crippen molar-refractivity contribution in [2.75, 3.05) is 40.4 Å². The minimum atomic E-state index is -3.59. The number of carbonyl (C=O) groups is 1. The predicted molar refractivity (Wildman–Crippen MR) is 125 cm³/mol. The fraction of sp³-hybridized carbons (Fsp3) is 0.409. The Bertz CT molecular complexity index is 1280. The lowest BCUT2D eigenvalue weighted by molar-refractivity contribution is 0.0702. The number of hydrogen-bond donors (Lipinski definition) is 0. The van der Waals surface area contributed by atoms with E-state index in [1.807, 2.05) is 13.8 Å². The number of ether oxygens (including phenoxy) is 2. The van der Waals surface area contributed by atoms with Crippen LogP contribution in [0.1, 0.15) is 26.6 Å². The third-order valence-electron chi connectivity index (χ3n) is 5.65. The molecule has 1 aromatic carbocycles. The van der Waals surface area contributed by atoms with Gasteiger partial charge in [-0.05, 0) is 31.5 Å². The van der Waals surface area contributed by atoms with Crippen molar-refractivity contribution in [1.29, 1.82) is 0 Å². The van der Waals surface area contributed by atoms with Gasteiger partial charge in [0.15, 0.2) is 5.82 Å². The molecule has 1 aliphatic rings. The number of rotatable bonds is 6. The van der Waals surface area contributed by atoms with Gasteiger partial charge in [-0.25, -0.2) is 13.4 Å². The second-order valence-corrected chi connectivity index (χ2v) is 10.8. The van der Waals surface area contributed by atoms with Gasteiger partial charge in [0.05, 0.1) is 22.3 Å². The summed E-state index contributed by atoms with van der Waals surface area (Å²) >= 11 is 1.29. The molecule has 1 aliphatic heterocycles. The van der Waals surface area contributed by atoms with Crippen molar-refractivity contribution in [3.63, 3.8) is 0 Å². The van der Waals surface area contributed by atoms with Gasteiger partial charge in [0.1, 0.15) is 11.4 Å². The van der Waals surface area contributed by atoms with Crippen LogP contribution in [0.25, 0.3) is 10.2 Å². The Balaban J connectivity index is 1.54. The summed E-state index contributed by atoms with van der Waals surface area (Å²) in [4.78, 5) is 25.4. The number of benzene rings is 1. The van der Waals surface area contributed by atoms with E-state index in [4.69, 9.17) is 9.47 Å². The number of thiophene rings is 1. The van der Waals surface area contributed by atoms with Gasteiger partial charge >= 0.3 is 0 Å². The highest BCUT2D eigenvalue weighted by Gasteiger charge is 2.32. The number of amides is 1. The Hall–Kier alpha value is -2.60. The molecule has 0 N–H and O–H groups in total. The van der Waals surface area contributed by atoms with E-state index in [2.05, 4.69) is 9.97 Å². The maximum Gasteiger partial charge on any atom is 0.264 e. The molecule has 0 atom stereocenters. The molecule has 1 saturated heterocycles. The molecule has 0 saturated carbocycles. The molecule has 33 heavy (non-hydrogen) atoms. The van der Waals surface area contributed by atoms with E-state index >= 15 is 0 Å². The molecule has 1 fully saturated rings. The average molecular weight is 491 g/mol. The van der Waals surface area contributed by atoms with Crippen molar-refractivity contribution in [3.05, 3.63) is 46.1 Å². The van der Waals surface area contributed by atoms with E-state index < -0.39 is 10.0 Å². The van der Waals surface area contributed by atoms with E-state index in [0.717, 1.165) is 11.1 Å². The third-order valence-corrected chi connectivity index (χ3v) is 8.74. The highest BCUT2D eigenvalue weighted by molar-refractivity contribution is 7.89. The van der Waals surface area contributed by atoms with Gasteiger partial charge in [0.2, 0.25) is 15.9 Å². The van der Waals surface area contributed by atoms with Gasteiger partial charge < -0.3 is 14.4 Å². The normalized spacial score (nSPS) is 15.2. The number of sulfonamides is 1. The van der Waals surface area contributed by atoms with Gasteiger partial charge in [-0.2, -0.15) is 9.29 Å². The molecule has 0 bridgehead atoms. The van der Waals surface area contributed by atoms with Crippen LogP contribution in [0.2, 0.25) is 0 Å². The second-order valence-electron chi connectivity index (χ2n) is 7.83. The number of piperazine rings is 1. The van der Waals surface area contributed by atoms with E-state index in [-0.39, 0.29) is 30.5 Å². The summed E-state index contributed by atoms with van der Waals surface area (Å²) < 4.78 is 37.9. The fourth-order valence-electron chi connectivity index (χ4n) is 3.82. The first-order chi connectivity index (χ1) is 15.8. The lowest BCUT2D eigenvalue weighted by Crippen LogP contribution is -2.50. The topological polar surface area (TPSA) is 102 Å². The lowest BCUT2D eigenvalue weighted by atomic mass is 10.2. The van der Waals surface area contributed by atoms with Crippen LogP contribution in [0.4, 0.5) is 0 Å². The van der Waals surface area contributed by atoms with Crippen LogP contribution in [0.3, 0.4) is 0 Å². The first-order valence-electron chi connectivity index (χ1n) is 10.4. The van der Waals surface area contributed by atoms with Gasteiger partial charge in [0.25, 0.3) is 5.91 Å². The number of carbonyl (C=O) groups excluding carboxylic acids is 1. The molecule has 9 nitrogen and oxygen atoms in total. The number of hydrogen-bond acceptors (Lipinski definition) is 8. The Morgan fingerprint density at radius 3 is 2.33 bits per heavy atom. The Morgan fingerprint density at radius 1 is 1.06 bits per heavy atom. The number of aromatic nitrogens is 2. The summed E-state index contributed by atoms with van der Waals surface area (Å²) in [5, 5.41) is 0.714. The van der Waals surface area contributed by atoms with Crippen molar-refractivity contribution < 1.29 is 22.7 Å². The molecule has 0 unspecified atom stereocenters. The highest BCUT2D eigenvalue weighted by atomic mass is 32.2. The second kappa shape index (κ2) is 9.34. The molecule has 0 radical (unpaired) electrons.